The Balaban J connectivity index is 1.89. The number of piperidine rings is 1. The Morgan fingerprint density at radius 2 is 1.81 bits per heavy atom. The minimum Gasteiger partial charge on any atom is -0.369 e. The molecule has 5 heteroatoms. The molecular formula is C22H29N3O2. The average Bonchev–Trinajstić information content (AvgIpc) is 2.95. The molecule has 2 heterocycles. The van der Waals surface area contributed by atoms with Crippen LogP contribution in [0.2, 0.25) is 0 Å². The standard InChI is InChI=1S/C22H29N3O2/c1-14(2)17-7-9-19(10-8-17)25-15(3)12-20(16(25)4)22(27)24-11-5-6-18(13-24)21(23)26/h7-10,12,14,18H,5-6,11,13H2,1-4H3,(H2,23,26). The monoisotopic (exact) mass is 367 g/mol. The minimum absolute atomic E-state index is 0.0147. The van der Waals surface area contributed by atoms with E-state index in [4.69, 9.17) is 5.73 Å². The SMILES string of the molecule is Cc1cc(C(=O)N2CCCC(C(N)=O)C2)c(C)n1-c1ccc(C(C)C)cc1. The molecular weight excluding hydrogens is 338 g/mol. The predicted octanol–water partition coefficient (Wildman–Crippen LogP) is 3.56. The number of primary amides is 1. The first-order valence-corrected chi connectivity index (χ1v) is 9.67. The van der Waals surface area contributed by atoms with Crippen LogP contribution in [0.25, 0.3) is 5.69 Å². The van der Waals surface area contributed by atoms with Gasteiger partial charge in [0.1, 0.15) is 0 Å². The number of hydrogen-bond acceptors (Lipinski definition) is 2. The second kappa shape index (κ2) is 7.59. The number of aromatic nitrogens is 1. The fourth-order valence-electron chi connectivity index (χ4n) is 3.95. The third-order valence-electron chi connectivity index (χ3n) is 5.59. The Kier molecular flexibility index (Phi) is 5.40. The highest BCUT2D eigenvalue weighted by molar-refractivity contribution is 5.96. The van der Waals surface area contributed by atoms with Crippen molar-refractivity contribution in [2.24, 2.45) is 11.7 Å². The van der Waals surface area contributed by atoms with Crippen LogP contribution in [-0.4, -0.2) is 34.4 Å². The summed E-state index contributed by atoms with van der Waals surface area (Å²) in [6.07, 6.45) is 1.58. The van der Waals surface area contributed by atoms with Gasteiger partial charge in [-0.3, -0.25) is 9.59 Å². The Hall–Kier alpha value is -2.56. The zero-order valence-electron chi connectivity index (χ0n) is 16.7. The van der Waals surface area contributed by atoms with Gasteiger partial charge in [-0.1, -0.05) is 26.0 Å². The third-order valence-corrected chi connectivity index (χ3v) is 5.59. The molecule has 1 aromatic carbocycles. The largest absolute Gasteiger partial charge is 0.369 e. The van der Waals surface area contributed by atoms with E-state index in [2.05, 4.69) is 42.7 Å². The highest BCUT2D eigenvalue weighted by atomic mass is 16.2. The maximum atomic E-state index is 13.1. The number of carbonyl (C=O) groups is 2. The molecule has 3 rings (SSSR count). The lowest BCUT2D eigenvalue weighted by atomic mass is 9.97. The van der Waals surface area contributed by atoms with Gasteiger partial charge in [0, 0.05) is 30.2 Å². The van der Waals surface area contributed by atoms with Crippen LogP contribution >= 0.6 is 0 Å². The summed E-state index contributed by atoms with van der Waals surface area (Å²) in [6.45, 7) is 9.44. The number of amides is 2. The smallest absolute Gasteiger partial charge is 0.255 e. The summed E-state index contributed by atoms with van der Waals surface area (Å²) in [4.78, 5) is 26.4. The molecule has 0 radical (unpaired) electrons. The van der Waals surface area contributed by atoms with E-state index in [1.54, 1.807) is 4.90 Å². The quantitative estimate of drug-likeness (QED) is 0.898. The molecule has 1 aromatic heterocycles. The zero-order chi connectivity index (χ0) is 19.7. The topological polar surface area (TPSA) is 68.3 Å². The fraction of sp³-hybridized carbons (Fsp3) is 0.455. The van der Waals surface area contributed by atoms with Crippen LogP contribution in [0.5, 0.6) is 0 Å². The van der Waals surface area contributed by atoms with Crippen molar-refractivity contribution >= 4 is 11.8 Å². The van der Waals surface area contributed by atoms with E-state index in [1.165, 1.54) is 5.56 Å². The van der Waals surface area contributed by atoms with Crippen molar-refractivity contribution in [2.45, 2.75) is 46.5 Å². The molecule has 144 valence electrons. The maximum Gasteiger partial charge on any atom is 0.255 e. The summed E-state index contributed by atoms with van der Waals surface area (Å²) in [6, 6.07) is 10.4. The summed E-state index contributed by atoms with van der Waals surface area (Å²) in [5, 5.41) is 0. The zero-order valence-corrected chi connectivity index (χ0v) is 16.7. The van der Waals surface area contributed by atoms with Gasteiger partial charge in [-0.25, -0.2) is 0 Å². The number of likely N-dealkylation sites (tertiary alicyclic amines) is 1. The molecule has 0 saturated carbocycles. The van der Waals surface area contributed by atoms with Crippen molar-refractivity contribution in [3.63, 3.8) is 0 Å². The molecule has 5 nitrogen and oxygen atoms in total. The molecule has 2 amide bonds. The van der Waals surface area contributed by atoms with E-state index in [1.807, 2.05) is 19.9 Å². The van der Waals surface area contributed by atoms with E-state index in [0.29, 0.717) is 24.6 Å². The molecule has 27 heavy (non-hydrogen) atoms. The summed E-state index contributed by atoms with van der Waals surface area (Å²) in [7, 11) is 0. The number of aryl methyl sites for hydroxylation is 1. The summed E-state index contributed by atoms with van der Waals surface area (Å²) in [5.74, 6) is -0.0857. The third kappa shape index (κ3) is 3.77. The van der Waals surface area contributed by atoms with Gasteiger partial charge in [0.25, 0.3) is 5.91 Å². The van der Waals surface area contributed by atoms with E-state index in [0.717, 1.165) is 29.9 Å². The highest BCUT2D eigenvalue weighted by Crippen LogP contribution is 2.25. The Morgan fingerprint density at radius 3 is 2.41 bits per heavy atom. The van der Waals surface area contributed by atoms with Gasteiger partial charge in [0.15, 0.2) is 0 Å². The van der Waals surface area contributed by atoms with Crippen LogP contribution in [0, 0.1) is 19.8 Å². The van der Waals surface area contributed by atoms with E-state index < -0.39 is 0 Å². The Bertz CT molecular complexity index is 849. The minimum atomic E-state index is -0.316. The summed E-state index contributed by atoms with van der Waals surface area (Å²) >= 11 is 0. The van der Waals surface area contributed by atoms with Crippen molar-refractivity contribution in [3.8, 4) is 5.69 Å². The molecule has 1 fully saturated rings. The second-order valence-corrected chi connectivity index (χ2v) is 7.86. The number of nitrogens with zero attached hydrogens (tertiary/aromatic N) is 2. The molecule has 0 aliphatic carbocycles. The first-order valence-electron chi connectivity index (χ1n) is 9.67. The molecule has 1 saturated heterocycles. The number of nitrogens with two attached hydrogens (primary N) is 1. The number of benzene rings is 1. The molecule has 1 atom stereocenters. The molecule has 0 bridgehead atoms. The van der Waals surface area contributed by atoms with Crippen molar-refractivity contribution in [2.75, 3.05) is 13.1 Å². The second-order valence-electron chi connectivity index (χ2n) is 7.86. The molecule has 2 N–H and O–H groups in total. The molecule has 1 aliphatic rings. The molecule has 1 aliphatic heterocycles. The predicted molar refractivity (Wildman–Crippen MR) is 107 cm³/mol. The van der Waals surface area contributed by atoms with Gasteiger partial charge in [-0.15, -0.1) is 0 Å². The van der Waals surface area contributed by atoms with Crippen LogP contribution in [0.4, 0.5) is 0 Å². The van der Waals surface area contributed by atoms with E-state index in [9.17, 15) is 9.59 Å². The number of carbonyl (C=O) groups excluding carboxylic acids is 2. The normalized spacial score (nSPS) is 17.4. The van der Waals surface area contributed by atoms with E-state index >= 15 is 0 Å². The van der Waals surface area contributed by atoms with Crippen molar-refractivity contribution in [1.82, 2.24) is 9.47 Å². The molecule has 1 unspecified atom stereocenters. The number of hydrogen-bond donors (Lipinski definition) is 1. The van der Waals surface area contributed by atoms with Gasteiger partial charge in [-0.05, 0) is 56.4 Å². The fourth-order valence-corrected chi connectivity index (χ4v) is 3.95. The van der Waals surface area contributed by atoms with Crippen LogP contribution in [0.3, 0.4) is 0 Å². The van der Waals surface area contributed by atoms with Crippen molar-refractivity contribution in [1.29, 1.82) is 0 Å². The van der Waals surface area contributed by atoms with Crippen LogP contribution in [0.1, 0.15) is 59.9 Å². The van der Waals surface area contributed by atoms with E-state index in [-0.39, 0.29) is 17.7 Å². The summed E-state index contributed by atoms with van der Waals surface area (Å²) < 4.78 is 2.12. The Morgan fingerprint density at radius 1 is 1.15 bits per heavy atom. The van der Waals surface area contributed by atoms with Gasteiger partial charge in [0.05, 0.1) is 11.5 Å². The van der Waals surface area contributed by atoms with Crippen LogP contribution < -0.4 is 5.73 Å². The first-order chi connectivity index (χ1) is 12.8. The maximum absolute atomic E-state index is 13.1. The van der Waals surface area contributed by atoms with Crippen LogP contribution in [-0.2, 0) is 4.79 Å². The lowest BCUT2D eigenvalue weighted by Gasteiger charge is -2.31. The number of rotatable bonds is 4. The molecule has 2 aromatic rings. The van der Waals surface area contributed by atoms with Crippen molar-refractivity contribution in [3.05, 3.63) is 52.8 Å². The average molecular weight is 367 g/mol. The van der Waals surface area contributed by atoms with Gasteiger partial charge >= 0.3 is 0 Å². The Labute approximate surface area is 161 Å². The van der Waals surface area contributed by atoms with Gasteiger partial charge in [0.2, 0.25) is 5.91 Å². The summed E-state index contributed by atoms with van der Waals surface area (Å²) in [5.41, 5.74) is 10.5. The van der Waals surface area contributed by atoms with Crippen LogP contribution in [0.15, 0.2) is 30.3 Å². The van der Waals surface area contributed by atoms with Gasteiger partial charge in [-0.2, -0.15) is 0 Å². The lowest BCUT2D eigenvalue weighted by Crippen LogP contribution is -2.44. The highest BCUT2D eigenvalue weighted by Gasteiger charge is 2.29. The lowest BCUT2D eigenvalue weighted by molar-refractivity contribution is -0.123. The van der Waals surface area contributed by atoms with Gasteiger partial charge < -0.3 is 15.2 Å². The van der Waals surface area contributed by atoms with Crippen molar-refractivity contribution < 1.29 is 9.59 Å². The molecule has 0 spiro atoms. The first kappa shape index (κ1) is 19.2.